The molecular formula is C36H66CaN2O10+2. The summed E-state index contributed by atoms with van der Waals surface area (Å²) in [5, 5.41) is 59.6. The first-order valence-electron chi connectivity index (χ1n) is 17.6. The van der Waals surface area contributed by atoms with Gasteiger partial charge in [-0.25, -0.2) is 0 Å². The number of aliphatic carboxylic acids is 4. The third-order valence-electron chi connectivity index (χ3n) is 9.02. The maximum Gasteiger partial charge on any atom is 2.00 e. The summed E-state index contributed by atoms with van der Waals surface area (Å²) in [6.45, 7) is 16.9. The Hall–Kier alpha value is -1.54. The molecule has 4 N–H and O–H groups in total. The number of hydrogen-bond donors (Lipinski definition) is 4. The number of aliphatic hydroxyl groups is 2. The smallest absolute Gasteiger partial charge is 0.550 e. The molecule has 6 atom stereocenters. The van der Waals surface area contributed by atoms with Crippen LogP contribution in [0.4, 0.5) is 0 Å². The number of nitrogens with zero attached hydrogens (tertiary/aromatic N) is 2. The molecule has 0 aliphatic rings. The van der Waals surface area contributed by atoms with Gasteiger partial charge in [-0.1, -0.05) is 38.8 Å². The first-order chi connectivity index (χ1) is 22.6. The van der Waals surface area contributed by atoms with Crippen LogP contribution in [0, 0.1) is 23.7 Å². The molecule has 0 aromatic heterocycles. The predicted octanol–water partition coefficient (Wildman–Crippen LogP) is 1.70. The summed E-state index contributed by atoms with van der Waals surface area (Å²) in [7, 11) is 0. The molecule has 13 heteroatoms. The summed E-state index contributed by atoms with van der Waals surface area (Å²) in [5.74, 6) is -6.62. The Kier molecular flexibility index (Phi) is 31.9. The third-order valence-corrected chi connectivity index (χ3v) is 9.02. The maximum absolute atomic E-state index is 11.2. The van der Waals surface area contributed by atoms with Crippen LogP contribution < -0.4 is 10.2 Å². The Morgan fingerprint density at radius 2 is 0.837 bits per heavy atom. The van der Waals surface area contributed by atoms with E-state index in [4.69, 9.17) is 0 Å². The number of carboxylic acids is 4. The van der Waals surface area contributed by atoms with Gasteiger partial charge >= 0.3 is 49.7 Å². The fourth-order valence-electron chi connectivity index (χ4n) is 6.34. The van der Waals surface area contributed by atoms with Gasteiger partial charge in [0.05, 0.1) is 52.5 Å². The van der Waals surface area contributed by atoms with E-state index in [1.165, 1.54) is 0 Å². The second-order valence-corrected chi connectivity index (χ2v) is 13.7. The van der Waals surface area contributed by atoms with Gasteiger partial charge in [-0.15, -0.1) is 13.2 Å². The minimum absolute atomic E-state index is 0. The number of carbonyl (C=O) groups excluding carboxylic acids is 2. The first-order valence-corrected chi connectivity index (χ1v) is 17.6. The SMILES string of the molecule is C=CCCCCCC[N+](CCO)(CC(C)C(=O)[O-])CC(C)C(=O)O.C=CCCCCCC[N+](CCO)(CC(C)C(=O)[O-])CC(C)C(=O)O.[Ca+2]. The Morgan fingerprint density at radius 1 is 0.551 bits per heavy atom. The van der Waals surface area contributed by atoms with Crippen LogP contribution in [0.5, 0.6) is 0 Å². The Morgan fingerprint density at radius 3 is 1.08 bits per heavy atom. The quantitative estimate of drug-likeness (QED) is 0.0366. The molecule has 0 aliphatic carbocycles. The van der Waals surface area contributed by atoms with Crippen LogP contribution >= 0.6 is 0 Å². The van der Waals surface area contributed by atoms with Gasteiger partial charge < -0.3 is 49.2 Å². The van der Waals surface area contributed by atoms with E-state index < -0.39 is 47.5 Å². The van der Waals surface area contributed by atoms with Gasteiger partial charge in [-0.05, 0) is 65.2 Å². The molecule has 0 amide bonds. The fourth-order valence-corrected chi connectivity index (χ4v) is 6.34. The van der Waals surface area contributed by atoms with Crippen molar-refractivity contribution in [3.8, 4) is 0 Å². The molecule has 0 bridgehead atoms. The molecule has 0 heterocycles. The van der Waals surface area contributed by atoms with E-state index >= 15 is 0 Å². The number of unbranched alkanes of at least 4 members (excludes halogenated alkanes) is 8. The molecule has 49 heavy (non-hydrogen) atoms. The molecule has 0 aliphatic heterocycles. The van der Waals surface area contributed by atoms with E-state index in [9.17, 15) is 49.8 Å². The van der Waals surface area contributed by atoms with Crippen molar-refractivity contribution in [1.82, 2.24) is 0 Å². The summed E-state index contributed by atoms with van der Waals surface area (Å²) in [6.07, 6.45) is 13.8. The van der Waals surface area contributed by atoms with Gasteiger partial charge in [0.25, 0.3) is 0 Å². The average molecular weight is 727 g/mol. The monoisotopic (exact) mass is 726 g/mol. The van der Waals surface area contributed by atoms with E-state index in [-0.39, 0.29) is 64.0 Å². The van der Waals surface area contributed by atoms with Crippen molar-refractivity contribution in [2.45, 2.75) is 91.9 Å². The molecule has 0 rings (SSSR count). The maximum atomic E-state index is 11.2. The molecule has 0 radical (unpaired) electrons. The molecule has 0 saturated heterocycles. The second-order valence-electron chi connectivity index (χ2n) is 13.7. The first kappa shape index (κ1) is 51.8. The standard InChI is InChI=1S/2C18H33NO5.Ca/c2*1-4-5-6-7-8-9-10-19(11-12-20,13-15(2)17(21)22)14-16(3)18(23)24;/h2*4,15-16,20H,1,5-14H2,2-3H3,(H-,21,22,23,24);/q;;+2. The Labute approximate surface area is 325 Å². The number of carboxylic acid groups (broad SMARTS) is 4. The average Bonchev–Trinajstić information content (AvgIpc) is 3.00. The summed E-state index contributed by atoms with van der Waals surface area (Å²) in [4.78, 5) is 44.8. The number of rotatable bonds is 30. The number of allylic oxidation sites excluding steroid dienone is 2. The summed E-state index contributed by atoms with van der Waals surface area (Å²) >= 11 is 0. The van der Waals surface area contributed by atoms with Crippen molar-refractivity contribution in [2.24, 2.45) is 23.7 Å². The van der Waals surface area contributed by atoms with Gasteiger partial charge in [-0.3, -0.25) is 9.59 Å². The van der Waals surface area contributed by atoms with Gasteiger partial charge in [0.2, 0.25) is 0 Å². The molecule has 0 spiro atoms. The molecule has 0 saturated carbocycles. The van der Waals surface area contributed by atoms with Crippen LogP contribution in [0.3, 0.4) is 0 Å². The van der Waals surface area contributed by atoms with Gasteiger partial charge in [0.1, 0.15) is 24.9 Å². The summed E-state index contributed by atoms with van der Waals surface area (Å²) < 4.78 is 0.612. The van der Waals surface area contributed by atoms with Crippen LogP contribution in [0.25, 0.3) is 0 Å². The van der Waals surface area contributed by atoms with Crippen LogP contribution in [-0.2, 0) is 19.2 Å². The minimum Gasteiger partial charge on any atom is -0.550 e. The summed E-state index contributed by atoms with van der Waals surface area (Å²) in [6, 6.07) is 0. The molecule has 6 unspecified atom stereocenters. The van der Waals surface area contributed by atoms with Crippen LogP contribution in [0.15, 0.2) is 25.3 Å². The van der Waals surface area contributed by atoms with Crippen molar-refractivity contribution in [1.29, 1.82) is 0 Å². The molecule has 0 aromatic rings. The van der Waals surface area contributed by atoms with Gasteiger partial charge in [-0.2, -0.15) is 0 Å². The zero-order valence-electron chi connectivity index (χ0n) is 30.9. The van der Waals surface area contributed by atoms with Crippen molar-refractivity contribution in [2.75, 3.05) is 65.6 Å². The van der Waals surface area contributed by atoms with Gasteiger partial charge in [0.15, 0.2) is 0 Å². The normalized spacial score (nSPS) is 15.8. The van der Waals surface area contributed by atoms with E-state index in [0.717, 1.165) is 64.2 Å². The Bertz CT molecular complexity index is 831. The predicted molar refractivity (Wildman–Crippen MR) is 188 cm³/mol. The molecule has 280 valence electrons. The van der Waals surface area contributed by atoms with Crippen LogP contribution in [-0.4, -0.2) is 157 Å². The second kappa shape index (κ2) is 30.1. The van der Waals surface area contributed by atoms with Crippen molar-refractivity contribution >= 4 is 61.6 Å². The topological polar surface area (TPSA) is 195 Å². The van der Waals surface area contributed by atoms with E-state index in [1.54, 1.807) is 27.7 Å². The molecule has 12 nitrogen and oxygen atoms in total. The van der Waals surface area contributed by atoms with E-state index in [1.807, 2.05) is 12.2 Å². The van der Waals surface area contributed by atoms with Gasteiger partial charge in [0, 0.05) is 23.8 Å². The summed E-state index contributed by atoms with van der Waals surface area (Å²) in [5.41, 5.74) is 0. The zero-order chi connectivity index (χ0) is 37.2. The molecular weight excluding hydrogens is 660 g/mol. The molecule has 0 fully saturated rings. The van der Waals surface area contributed by atoms with Crippen molar-refractivity contribution in [3.63, 3.8) is 0 Å². The Balaban J connectivity index is -0.000000846. The molecule has 0 aromatic carbocycles. The van der Waals surface area contributed by atoms with E-state index in [0.29, 0.717) is 48.2 Å². The number of carbonyl (C=O) groups is 4. The van der Waals surface area contributed by atoms with Crippen molar-refractivity contribution in [3.05, 3.63) is 25.3 Å². The fraction of sp³-hybridized carbons (Fsp3) is 0.778. The number of aliphatic hydroxyl groups excluding tert-OH is 2. The van der Waals surface area contributed by atoms with Crippen LogP contribution in [0.1, 0.15) is 91.9 Å². The minimum atomic E-state index is -1.13. The largest absolute Gasteiger partial charge is 2.00 e. The van der Waals surface area contributed by atoms with E-state index in [2.05, 4.69) is 13.2 Å². The van der Waals surface area contributed by atoms with Crippen LogP contribution in [0.2, 0.25) is 0 Å². The van der Waals surface area contributed by atoms with Crippen molar-refractivity contribution < 1.29 is 58.8 Å². The third kappa shape index (κ3) is 25.1. The number of quaternary nitrogens is 2. The zero-order valence-corrected chi connectivity index (χ0v) is 33.1. The number of hydrogen-bond acceptors (Lipinski definition) is 8.